The number of fused-ring (bicyclic) bond motifs is 1. The first-order chi connectivity index (χ1) is 13.0. The van der Waals surface area contributed by atoms with E-state index in [1.165, 1.54) is 11.1 Å². The summed E-state index contributed by atoms with van der Waals surface area (Å²) in [5, 5.41) is 6.63. The van der Waals surface area contributed by atoms with E-state index in [0.717, 1.165) is 22.1 Å². The molecule has 3 rings (SSSR count). The molecule has 0 saturated heterocycles. The van der Waals surface area contributed by atoms with Gasteiger partial charge in [0.1, 0.15) is 5.58 Å². The highest BCUT2D eigenvalue weighted by atomic mass is 16.3. The van der Waals surface area contributed by atoms with E-state index in [1.807, 2.05) is 50.2 Å². The van der Waals surface area contributed by atoms with Gasteiger partial charge in [-0.3, -0.25) is 9.59 Å². The van der Waals surface area contributed by atoms with Gasteiger partial charge in [-0.15, -0.1) is 0 Å². The van der Waals surface area contributed by atoms with Crippen LogP contribution in [-0.2, 0) is 22.4 Å². The SMILES string of the molecule is Cc1cc2occ(CC(=O)NCCNC(=O)Cc3ccccc3)c2cc1C. The lowest BCUT2D eigenvalue weighted by Crippen LogP contribution is -2.35. The zero-order chi connectivity index (χ0) is 19.2. The average Bonchev–Trinajstić information content (AvgIpc) is 3.01. The highest BCUT2D eigenvalue weighted by Crippen LogP contribution is 2.25. The molecule has 3 aromatic rings. The van der Waals surface area contributed by atoms with Gasteiger partial charge in [-0.25, -0.2) is 0 Å². The van der Waals surface area contributed by atoms with E-state index in [9.17, 15) is 9.59 Å². The Bertz CT molecular complexity index is 945. The van der Waals surface area contributed by atoms with Gasteiger partial charge in [0.2, 0.25) is 11.8 Å². The molecule has 140 valence electrons. The second-order valence-electron chi connectivity index (χ2n) is 6.73. The van der Waals surface area contributed by atoms with E-state index >= 15 is 0 Å². The maximum absolute atomic E-state index is 12.2. The fourth-order valence-electron chi connectivity index (χ4n) is 2.96. The van der Waals surface area contributed by atoms with Crippen LogP contribution in [0, 0.1) is 13.8 Å². The average molecular weight is 364 g/mol. The summed E-state index contributed by atoms with van der Waals surface area (Å²) in [5.74, 6) is -0.143. The molecule has 5 nitrogen and oxygen atoms in total. The fourth-order valence-corrected chi connectivity index (χ4v) is 2.96. The summed E-state index contributed by atoms with van der Waals surface area (Å²) >= 11 is 0. The number of aryl methyl sites for hydroxylation is 2. The van der Waals surface area contributed by atoms with Crippen molar-refractivity contribution in [3.63, 3.8) is 0 Å². The number of hydrogen-bond donors (Lipinski definition) is 2. The first-order valence-corrected chi connectivity index (χ1v) is 9.07. The third kappa shape index (κ3) is 4.97. The summed E-state index contributed by atoms with van der Waals surface area (Å²) in [4.78, 5) is 24.1. The molecule has 2 aromatic carbocycles. The molecule has 0 aliphatic rings. The maximum atomic E-state index is 12.2. The molecule has 27 heavy (non-hydrogen) atoms. The smallest absolute Gasteiger partial charge is 0.224 e. The second-order valence-corrected chi connectivity index (χ2v) is 6.73. The van der Waals surface area contributed by atoms with Gasteiger partial charge < -0.3 is 15.1 Å². The Balaban J connectivity index is 1.44. The number of nitrogens with one attached hydrogen (secondary N) is 2. The molecular formula is C22H24N2O3. The van der Waals surface area contributed by atoms with Crippen molar-refractivity contribution in [2.24, 2.45) is 0 Å². The van der Waals surface area contributed by atoms with E-state index in [4.69, 9.17) is 4.42 Å². The van der Waals surface area contributed by atoms with Crippen LogP contribution >= 0.6 is 0 Å². The van der Waals surface area contributed by atoms with Crippen LogP contribution in [0.25, 0.3) is 11.0 Å². The van der Waals surface area contributed by atoms with Gasteiger partial charge in [0.25, 0.3) is 0 Å². The molecule has 2 N–H and O–H groups in total. The Morgan fingerprint density at radius 3 is 2.22 bits per heavy atom. The van der Waals surface area contributed by atoms with E-state index in [-0.39, 0.29) is 18.2 Å². The lowest BCUT2D eigenvalue weighted by molar-refractivity contribution is -0.122. The molecule has 5 heteroatoms. The Labute approximate surface area is 158 Å². The zero-order valence-corrected chi connectivity index (χ0v) is 15.7. The quantitative estimate of drug-likeness (QED) is 0.633. The van der Waals surface area contributed by atoms with Crippen LogP contribution < -0.4 is 10.6 Å². The van der Waals surface area contributed by atoms with Crippen molar-refractivity contribution in [2.75, 3.05) is 13.1 Å². The third-order valence-electron chi connectivity index (χ3n) is 4.60. The number of carbonyl (C=O) groups excluding carboxylic acids is 2. The predicted molar refractivity (Wildman–Crippen MR) is 106 cm³/mol. The predicted octanol–water partition coefficient (Wildman–Crippen LogP) is 3.07. The van der Waals surface area contributed by atoms with Crippen molar-refractivity contribution in [2.45, 2.75) is 26.7 Å². The Morgan fingerprint density at radius 1 is 0.889 bits per heavy atom. The van der Waals surface area contributed by atoms with Crippen molar-refractivity contribution in [3.05, 3.63) is 71.0 Å². The van der Waals surface area contributed by atoms with Crippen molar-refractivity contribution < 1.29 is 14.0 Å². The summed E-state index contributed by atoms with van der Waals surface area (Å²) < 4.78 is 5.56. The molecule has 0 unspecified atom stereocenters. The topological polar surface area (TPSA) is 71.3 Å². The van der Waals surface area contributed by atoms with Gasteiger partial charge >= 0.3 is 0 Å². The molecule has 0 saturated carbocycles. The molecule has 0 aliphatic heterocycles. The first-order valence-electron chi connectivity index (χ1n) is 9.07. The highest BCUT2D eigenvalue weighted by molar-refractivity contribution is 5.88. The van der Waals surface area contributed by atoms with Gasteiger partial charge in [-0.05, 0) is 42.7 Å². The van der Waals surface area contributed by atoms with Crippen LogP contribution in [0.4, 0.5) is 0 Å². The molecule has 0 radical (unpaired) electrons. The summed E-state index contributed by atoms with van der Waals surface area (Å²) in [6.45, 7) is 4.88. The van der Waals surface area contributed by atoms with Crippen LogP contribution in [0.2, 0.25) is 0 Å². The number of benzene rings is 2. The number of amides is 2. The Morgan fingerprint density at radius 2 is 1.52 bits per heavy atom. The molecule has 0 spiro atoms. The zero-order valence-electron chi connectivity index (χ0n) is 15.7. The van der Waals surface area contributed by atoms with E-state index in [1.54, 1.807) is 6.26 Å². The second kappa shape index (κ2) is 8.54. The van der Waals surface area contributed by atoms with Gasteiger partial charge in [-0.2, -0.15) is 0 Å². The summed E-state index contributed by atoms with van der Waals surface area (Å²) in [7, 11) is 0. The minimum absolute atomic E-state index is 0.0536. The largest absolute Gasteiger partial charge is 0.464 e. The molecule has 0 fully saturated rings. The minimum atomic E-state index is -0.0896. The lowest BCUT2D eigenvalue weighted by atomic mass is 10.0. The van der Waals surface area contributed by atoms with Gasteiger partial charge in [0.05, 0.1) is 19.1 Å². The number of hydrogen-bond acceptors (Lipinski definition) is 3. The summed E-state index contributed by atoms with van der Waals surface area (Å²) in [5.41, 5.74) is 4.98. The number of carbonyl (C=O) groups is 2. The van der Waals surface area contributed by atoms with Gasteiger partial charge in [0, 0.05) is 24.0 Å². The molecule has 0 bridgehead atoms. The maximum Gasteiger partial charge on any atom is 0.224 e. The normalized spacial score (nSPS) is 10.7. The van der Waals surface area contributed by atoms with Crippen molar-refractivity contribution in [1.82, 2.24) is 10.6 Å². The first kappa shape index (κ1) is 18.7. The van der Waals surface area contributed by atoms with Crippen molar-refractivity contribution in [1.29, 1.82) is 0 Å². The molecule has 0 aliphatic carbocycles. The molecule has 0 atom stereocenters. The van der Waals surface area contributed by atoms with E-state index < -0.39 is 0 Å². The highest BCUT2D eigenvalue weighted by Gasteiger charge is 2.11. The molecular weight excluding hydrogens is 340 g/mol. The van der Waals surface area contributed by atoms with Gasteiger partial charge in [0.15, 0.2) is 0 Å². The Hall–Kier alpha value is -3.08. The van der Waals surface area contributed by atoms with E-state index in [2.05, 4.69) is 16.7 Å². The van der Waals surface area contributed by atoms with Crippen molar-refractivity contribution in [3.8, 4) is 0 Å². The standard InChI is InChI=1S/C22H24N2O3/c1-15-10-19-18(14-27-20(19)11-16(15)2)13-22(26)24-9-8-23-21(25)12-17-6-4-3-5-7-17/h3-7,10-11,14H,8-9,12-13H2,1-2H3,(H,23,25)(H,24,26). The van der Waals surface area contributed by atoms with Crippen LogP contribution in [-0.4, -0.2) is 24.9 Å². The molecule has 1 aromatic heterocycles. The minimum Gasteiger partial charge on any atom is -0.464 e. The fraction of sp³-hybridized carbons (Fsp3) is 0.273. The summed E-state index contributed by atoms with van der Waals surface area (Å²) in [6.07, 6.45) is 2.24. The van der Waals surface area contributed by atoms with Gasteiger partial charge in [-0.1, -0.05) is 30.3 Å². The molecule has 1 heterocycles. The van der Waals surface area contributed by atoms with Crippen LogP contribution in [0.5, 0.6) is 0 Å². The third-order valence-corrected chi connectivity index (χ3v) is 4.60. The van der Waals surface area contributed by atoms with Crippen LogP contribution in [0.3, 0.4) is 0 Å². The van der Waals surface area contributed by atoms with Crippen LogP contribution in [0.15, 0.2) is 53.1 Å². The van der Waals surface area contributed by atoms with Crippen LogP contribution in [0.1, 0.15) is 22.3 Å². The molecule has 2 amide bonds. The van der Waals surface area contributed by atoms with Crippen molar-refractivity contribution >= 4 is 22.8 Å². The number of rotatable bonds is 7. The Kier molecular flexibility index (Phi) is 5.91. The number of furan rings is 1. The lowest BCUT2D eigenvalue weighted by Gasteiger charge is -2.07. The van der Waals surface area contributed by atoms with E-state index in [0.29, 0.717) is 19.5 Å². The summed E-state index contributed by atoms with van der Waals surface area (Å²) in [6, 6.07) is 13.6. The monoisotopic (exact) mass is 364 g/mol.